The van der Waals surface area contributed by atoms with Crippen LogP contribution in [0.4, 0.5) is 4.79 Å². The molecule has 0 radical (unpaired) electrons. The van der Waals surface area contributed by atoms with Crippen molar-refractivity contribution < 1.29 is 4.79 Å². The summed E-state index contributed by atoms with van der Waals surface area (Å²) in [5, 5.41) is 5.38. The first-order valence-corrected chi connectivity index (χ1v) is 6.45. The Balaban J connectivity index is 1.85. The van der Waals surface area contributed by atoms with Gasteiger partial charge in [0, 0.05) is 33.2 Å². The number of carbonyl (C=O) groups excluding carboxylic acids is 1. The maximum absolute atomic E-state index is 11.1. The van der Waals surface area contributed by atoms with Crippen molar-refractivity contribution >= 4 is 6.03 Å². The molecule has 0 aromatic heterocycles. The van der Waals surface area contributed by atoms with Gasteiger partial charge >= 0.3 is 6.03 Å². The fourth-order valence-corrected chi connectivity index (χ4v) is 2.35. The average molecular weight is 247 g/mol. The van der Waals surface area contributed by atoms with Crippen LogP contribution in [0.3, 0.4) is 0 Å². The van der Waals surface area contributed by atoms with E-state index in [0.29, 0.717) is 6.54 Å². The summed E-state index contributed by atoms with van der Waals surface area (Å²) in [6.45, 7) is 5.80. The number of rotatable bonds is 3. The lowest BCUT2D eigenvalue weighted by Crippen LogP contribution is -2.40. The van der Waals surface area contributed by atoms with Crippen LogP contribution in [-0.2, 0) is 13.0 Å². The van der Waals surface area contributed by atoms with Gasteiger partial charge in [0.05, 0.1) is 0 Å². The standard InChI is InChI=1S/C14H21N3O/c1-11-3-4-12-5-7-17(10-13(12)9-11)8-6-16-14(18)15-2/h3-4,9H,5-8,10H2,1-2H3,(H2,15,16,18). The maximum atomic E-state index is 11.1. The van der Waals surface area contributed by atoms with Gasteiger partial charge in [0.15, 0.2) is 0 Å². The Bertz CT molecular complexity index is 431. The summed E-state index contributed by atoms with van der Waals surface area (Å²) >= 11 is 0. The molecular weight excluding hydrogens is 226 g/mol. The molecule has 1 aromatic rings. The van der Waals surface area contributed by atoms with Gasteiger partial charge in [-0.15, -0.1) is 0 Å². The first-order chi connectivity index (χ1) is 8.69. The minimum atomic E-state index is -0.108. The number of hydrogen-bond donors (Lipinski definition) is 2. The molecule has 1 aliphatic heterocycles. The van der Waals surface area contributed by atoms with Gasteiger partial charge in [-0.25, -0.2) is 4.79 Å². The number of fused-ring (bicyclic) bond motifs is 1. The molecule has 0 unspecified atom stereocenters. The summed E-state index contributed by atoms with van der Waals surface area (Å²) in [4.78, 5) is 13.4. The Labute approximate surface area is 108 Å². The second kappa shape index (κ2) is 5.87. The largest absolute Gasteiger partial charge is 0.341 e. The predicted octanol–water partition coefficient (Wildman–Crippen LogP) is 1.28. The fraction of sp³-hybridized carbons (Fsp3) is 0.500. The van der Waals surface area contributed by atoms with Crippen LogP contribution in [0, 0.1) is 6.92 Å². The van der Waals surface area contributed by atoms with Gasteiger partial charge in [-0.1, -0.05) is 23.8 Å². The Morgan fingerprint density at radius 2 is 2.22 bits per heavy atom. The molecule has 18 heavy (non-hydrogen) atoms. The van der Waals surface area contributed by atoms with Crippen molar-refractivity contribution in [2.75, 3.05) is 26.7 Å². The lowest BCUT2D eigenvalue weighted by Gasteiger charge is -2.29. The summed E-state index contributed by atoms with van der Waals surface area (Å²) in [5.41, 5.74) is 4.22. The molecule has 0 saturated carbocycles. The van der Waals surface area contributed by atoms with E-state index in [1.165, 1.54) is 16.7 Å². The van der Waals surface area contributed by atoms with Crippen molar-refractivity contribution in [1.82, 2.24) is 15.5 Å². The normalized spacial score (nSPS) is 15.0. The Kier molecular flexibility index (Phi) is 4.20. The zero-order chi connectivity index (χ0) is 13.0. The summed E-state index contributed by atoms with van der Waals surface area (Å²) in [7, 11) is 1.63. The van der Waals surface area contributed by atoms with E-state index in [-0.39, 0.29) is 6.03 Å². The molecule has 0 bridgehead atoms. The minimum absolute atomic E-state index is 0.108. The van der Waals surface area contributed by atoms with Crippen molar-refractivity contribution in [3.8, 4) is 0 Å². The highest BCUT2D eigenvalue weighted by molar-refractivity contribution is 5.73. The quantitative estimate of drug-likeness (QED) is 0.845. The van der Waals surface area contributed by atoms with Crippen LogP contribution >= 0.6 is 0 Å². The van der Waals surface area contributed by atoms with Crippen molar-refractivity contribution in [2.45, 2.75) is 19.9 Å². The predicted molar refractivity (Wildman–Crippen MR) is 72.6 cm³/mol. The van der Waals surface area contributed by atoms with Crippen molar-refractivity contribution in [3.05, 3.63) is 34.9 Å². The molecule has 0 fully saturated rings. The van der Waals surface area contributed by atoms with Gasteiger partial charge in [0.2, 0.25) is 0 Å². The van der Waals surface area contributed by atoms with Crippen LogP contribution in [0.25, 0.3) is 0 Å². The van der Waals surface area contributed by atoms with Crippen LogP contribution in [0.5, 0.6) is 0 Å². The molecule has 2 rings (SSSR count). The third kappa shape index (κ3) is 3.23. The van der Waals surface area contributed by atoms with Crippen molar-refractivity contribution in [2.24, 2.45) is 0 Å². The van der Waals surface area contributed by atoms with Crippen LogP contribution in [0.2, 0.25) is 0 Å². The molecule has 98 valence electrons. The minimum Gasteiger partial charge on any atom is -0.341 e. The molecule has 2 amide bonds. The molecule has 2 N–H and O–H groups in total. The third-order valence-corrected chi connectivity index (χ3v) is 3.39. The number of benzene rings is 1. The smallest absolute Gasteiger partial charge is 0.314 e. The molecule has 4 heteroatoms. The number of amides is 2. The number of urea groups is 1. The van der Waals surface area contributed by atoms with Crippen molar-refractivity contribution in [3.63, 3.8) is 0 Å². The summed E-state index contributed by atoms with van der Waals surface area (Å²) in [6, 6.07) is 6.59. The van der Waals surface area contributed by atoms with Gasteiger partial charge in [-0.2, -0.15) is 0 Å². The molecule has 0 aliphatic carbocycles. The van der Waals surface area contributed by atoms with E-state index in [9.17, 15) is 4.79 Å². The molecule has 4 nitrogen and oxygen atoms in total. The maximum Gasteiger partial charge on any atom is 0.314 e. The topological polar surface area (TPSA) is 44.4 Å². The second-order valence-electron chi connectivity index (χ2n) is 4.80. The lowest BCUT2D eigenvalue weighted by atomic mass is 9.98. The molecule has 0 atom stereocenters. The van der Waals surface area contributed by atoms with Crippen LogP contribution in [0.1, 0.15) is 16.7 Å². The average Bonchev–Trinajstić information content (AvgIpc) is 2.38. The summed E-state index contributed by atoms with van der Waals surface area (Å²) in [5.74, 6) is 0. The zero-order valence-electron chi connectivity index (χ0n) is 11.1. The monoisotopic (exact) mass is 247 g/mol. The highest BCUT2D eigenvalue weighted by atomic mass is 16.2. The first-order valence-electron chi connectivity index (χ1n) is 6.45. The van der Waals surface area contributed by atoms with E-state index >= 15 is 0 Å². The Morgan fingerprint density at radius 3 is 3.00 bits per heavy atom. The van der Waals surface area contributed by atoms with Gasteiger partial charge in [0.1, 0.15) is 0 Å². The van der Waals surface area contributed by atoms with E-state index in [1.807, 2.05) is 0 Å². The zero-order valence-corrected chi connectivity index (χ0v) is 11.1. The first kappa shape index (κ1) is 12.9. The van der Waals surface area contributed by atoms with Gasteiger partial charge in [-0.3, -0.25) is 4.90 Å². The van der Waals surface area contributed by atoms with E-state index in [0.717, 1.165) is 26.1 Å². The lowest BCUT2D eigenvalue weighted by molar-refractivity contribution is 0.232. The van der Waals surface area contributed by atoms with Gasteiger partial charge in [-0.05, 0) is 24.5 Å². The Hall–Kier alpha value is -1.55. The number of aryl methyl sites for hydroxylation is 1. The van der Waals surface area contributed by atoms with Gasteiger partial charge < -0.3 is 10.6 Å². The molecule has 0 spiro atoms. The highest BCUT2D eigenvalue weighted by Gasteiger charge is 2.15. The SMILES string of the molecule is CNC(=O)NCCN1CCc2ccc(C)cc2C1. The number of nitrogens with one attached hydrogen (secondary N) is 2. The van der Waals surface area contributed by atoms with E-state index in [4.69, 9.17) is 0 Å². The molecule has 1 heterocycles. The number of carbonyl (C=O) groups is 1. The third-order valence-electron chi connectivity index (χ3n) is 3.39. The highest BCUT2D eigenvalue weighted by Crippen LogP contribution is 2.19. The summed E-state index contributed by atoms with van der Waals surface area (Å²) in [6.07, 6.45) is 1.11. The van der Waals surface area contributed by atoms with Gasteiger partial charge in [0.25, 0.3) is 0 Å². The van der Waals surface area contributed by atoms with Crippen LogP contribution in [0.15, 0.2) is 18.2 Å². The Morgan fingerprint density at radius 1 is 1.39 bits per heavy atom. The van der Waals surface area contributed by atoms with Crippen molar-refractivity contribution in [1.29, 1.82) is 0 Å². The number of hydrogen-bond acceptors (Lipinski definition) is 2. The second-order valence-corrected chi connectivity index (χ2v) is 4.80. The molecular formula is C14H21N3O. The van der Waals surface area contributed by atoms with E-state index in [1.54, 1.807) is 7.05 Å². The molecule has 1 aliphatic rings. The fourth-order valence-electron chi connectivity index (χ4n) is 2.35. The molecule has 0 saturated heterocycles. The van der Waals surface area contributed by atoms with E-state index in [2.05, 4.69) is 40.7 Å². The van der Waals surface area contributed by atoms with E-state index < -0.39 is 0 Å². The van der Waals surface area contributed by atoms with Crippen LogP contribution in [-0.4, -0.2) is 37.6 Å². The van der Waals surface area contributed by atoms with Crippen LogP contribution < -0.4 is 10.6 Å². The summed E-state index contributed by atoms with van der Waals surface area (Å²) < 4.78 is 0. The molecule has 1 aromatic carbocycles. The number of nitrogens with zero attached hydrogens (tertiary/aromatic N) is 1.